The number of hydrogen-bond donors (Lipinski definition) is 1. The minimum Gasteiger partial charge on any atom is -0.392 e. The van der Waals surface area contributed by atoms with E-state index in [1.54, 1.807) is 20.2 Å². The van der Waals surface area contributed by atoms with E-state index in [-0.39, 0.29) is 17.1 Å². The van der Waals surface area contributed by atoms with Crippen LogP contribution in [0.2, 0.25) is 0 Å². The molecular formula is C13H18BrN3O4S. The van der Waals surface area contributed by atoms with E-state index in [1.807, 2.05) is 0 Å². The van der Waals surface area contributed by atoms with Crippen molar-refractivity contribution in [1.82, 2.24) is 13.4 Å². The summed E-state index contributed by atoms with van der Waals surface area (Å²) in [7, 11) is 0.852. The number of sulfonamides is 1. The van der Waals surface area contributed by atoms with Crippen LogP contribution < -0.4 is 5.69 Å². The Morgan fingerprint density at radius 2 is 1.77 bits per heavy atom. The van der Waals surface area contributed by atoms with Crippen LogP contribution in [0.3, 0.4) is 0 Å². The van der Waals surface area contributed by atoms with Crippen LogP contribution >= 0.6 is 15.9 Å². The third-order valence-corrected chi connectivity index (χ3v) is 6.32. The van der Waals surface area contributed by atoms with Crippen molar-refractivity contribution in [3.8, 4) is 0 Å². The Hall–Kier alpha value is -1.16. The molecule has 1 N–H and O–H groups in total. The highest BCUT2D eigenvalue weighted by Gasteiger charge is 2.26. The summed E-state index contributed by atoms with van der Waals surface area (Å²) in [6, 6.07) is 3.08. The molecule has 7 nitrogen and oxygen atoms in total. The molecule has 0 aliphatic heterocycles. The Morgan fingerprint density at radius 1 is 1.27 bits per heavy atom. The molecule has 1 heterocycles. The van der Waals surface area contributed by atoms with Crippen LogP contribution in [-0.2, 0) is 24.1 Å². The van der Waals surface area contributed by atoms with Crippen LogP contribution in [0.5, 0.6) is 0 Å². The Kier molecular flexibility index (Phi) is 4.54. The second kappa shape index (κ2) is 5.80. The standard InChI is InChI=1S/C13H18BrN3O4S/c1-8(18)7-15(2)22(20,21)12-6-11-10(5-9(12)14)16(3)13(19)17(11)4/h5-6,8,18H,7H2,1-4H3/t8-/m1/s1. The number of fused-ring (bicyclic) bond motifs is 1. The highest BCUT2D eigenvalue weighted by Crippen LogP contribution is 2.29. The molecule has 0 spiro atoms. The van der Waals surface area contributed by atoms with Crippen LogP contribution in [0, 0.1) is 0 Å². The molecule has 2 rings (SSSR count). The number of benzene rings is 1. The van der Waals surface area contributed by atoms with E-state index in [9.17, 15) is 18.3 Å². The van der Waals surface area contributed by atoms with Gasteiger partial charge < -0.3 is 5.11 Å². The SMILES string of the molecule is C[C@@H](O)CN(C)S(=O)(=O)c1cc2c(cc1Br)n(C)c(=O)n2C. The fourth-order valence-electron chi connectivity index (χ4n) is 2.34. The lowest BCUT2D eigenvalue weighted by atomic mass is 10.3. The van der Waals surface area contributed by atoms with E-state index in [4.69, 9.17) is 0 Å². The summed E-state index contributed by atoms with van der Waals surface area (Å²) >= 11 is 3.26. The highest BCUT2D eigenvalue weighted by atomic mass is 79.9. The minimum absolute atomic E-state index is 0.0134. The van der Waals surface area contributed by atoms with E-state index >= 15 is 0 Å². The number of hydrogen-bond acceptors (Lipinski definition) is 4. The third kappa shape index (κ3) is 2.73. The Balaban J connectivity index is 2.69. The van der Waals surface area contributed by atoms with Crippen molar-refractivity contribution >= 4 is 37.0 Å². The zero-order valence-electron chi connectivity index (χ0n) is 12.7. The van der Waals surface area contributed by atoms with Crippen molar-refractivity contribution in [2.24, 2.45) is 14.1 Å². The molecule has 2 aromatic rings. The first-order chi connectivity index (χ1) is 10.1. The van der Waals surface area contributed by atoms with Crippen molar-refractivity contribution in [3.05, 3.63) is 27.1 Å². The third-order valence-electron chi connectivity index (χ3n) is 3.54. The quantitative estimate of drug-likeness (QED) is 0.828. The fraction of sp³-hybridized carbons (Fsp3) is 0.462. The molecule has 0 unspecified atom stereocenters. The van der Waals surface area contributed by atoms with Gasteiger partial charge in [0.25, 0.3) is 0 Å². The van der Waals surface area contributed by atoms with Crippen LogP contribution in [0.25, 0.3) is 11.0 Å². The second-order valence-electron chi connectivity index (χ2n) is 5.31. The molecule has 0 aliphatic carbocycles. The molecule has 9 heteroatoms. The maximum Gasteiger partial charge on any atom is 0.328 e. The summed E-state index contributed by atoms with van der Waals surface area (Å²) in [5.74, 6) is 0. The van der Waals surface area contributed by atoms with Gasteiger partial charge >= 0.3 is 5.69 Å². The summed E-state index contributed by atoms with van der Waals surface area (Å²) < 4.78 is 29.6. The zero-order valence-corrected chi connectivity index (χ0v) is 15.1. The number of likely N-dealkylation sites (N-methyl/N-ethyl adjacent to an activating group) is 1. The first-order valence-corrected chi connectivity index (χ1v) is 8.80. The lowest BCUT2D eigenvalue weighted by Gasteiger charge is -2.19. The molecular weight excluding hydrogens is 374 g/mol. The molecule has 0 fully saturated rings. The number of imidazole rings is 1. The van der Waals surface area contributed by atoms with Crippen LogP contribution in [-0.4, -0.2) is 46.7 Å². The van der Waals surface area contributed by atoms with E-state index in [2.05, 4.69) is 15.9 Å². The molecule has 1 aromatic carbocycles. The van der Waals surface area contributed by atoms with E-state index < -0.39 is 16.1 Å². The molecule has 0 saturated carbocycles. The molecule has 0 saturated heterocycles. The lowest BCUT2D eigenvalue weighted by molar-refractivity contribution is 0.171. The normalized spacial score (nSPS) is 14.0. The molecule has 0 radical (unpaired) electrons. The zero-order chi connectivity index (χ0) is 16.8. The average molecular weight is 392 g/mol. The Labute approximate surface area is 136 Å². The Morgan fingerprint density at radius 3 is 2.27 bits per heavy atom. The maximum absolute atomic E-state index is 12.6. The number of aliphatic hydroxyl groups excluding tert-OH is 1. The summed E-state index contributed by atoms with van der Waals surface area (Å²) in [4.78, 5) is 12.0. The van der Waals surface area contributed by atoms with Crippen LogP contribution in [0.1, 0.15) is 6.92 Å². The average Bonchev–Trinajstić information content (AvgIpc) is 2.62. The van der Waals surface area contributed by atoms with Crippen molar-refractivity contribution in [1.29, 1.82) is 0 Å². The van der Waals surface area contributed by atoms with Crippen molar-refractivity contribution in [2.75, 3.05) is 13.6 Å². The molecule has 122 valence electrons. The predicted molar refractivity (Wildman–Crippen MR) is 87.4 cm³/mol. The van der Waals surface area contributed by atoms with Gasteiger partial charge in [0.2, 0.25) is 10.0 Å². The lowest BCUT2D eigenvalue weighted by Crippen LogP contribution is -2.33. The van der Waals surface area contributed by atoms with Crippen molar-refractivity contribution in [3.63, 3.8) is 0 Å². The van der Waals surface area contributed by atoms with Gasteiger partial charge in [-0.15, -0.1) is 0 Å². The first kappa shape index (κ1) is 17.2. The van der Waals surface area contributed by atoms with E-state index in [1.165, 1.54) is 29.2 Å². The van der Waals surface area contributed by atoms with Gasteiger partial charge in [0.05, 0.1) is 22.0 Å². The summed E-state index contributed by atoms with van der Waals surface area (Å²) in [6.07, 6.45) is -0.775. The van der Waals surface area contributed by atoms with Crippen LogP contribution in [0.15, 0.2) is 26.3 Å². The monoisotopic (exact) mass is 391 g/mol. The molecule has 0 aliphatic rings. The van der Waals surface area contributed by atoms with Crippen molar-refractivity contribution in [2.45, 2.75) is 17.9 Å². The largest absolute Gasteiger partial charge is 0.392 e. The molecule has 0 amide bonds. The van der Waals surface area contributed by atoms with Crippen LogP contribution in [0.4, 0.5) is 0 Å². The van der Waals surface area contributed by atoms with Gasteiger partial charge in [0, 0.05) is 32.2 Å². The van der Waals surface area contributed by atoms with Gasteiger partial charge in [-0.3, -0.25) is 9.13 Å². The number of aryl methyl sites for hydroxylation is 2. The molecule has 1 atom stereocenters. The van der Waals surface area contributed by atoms with Gasteiger partial charge in [-0.05, 0) is 35.0 Å². The van der Waals surface area contributed by atoms with Crippen molar-refractivity contribution < 1.29 is 13.5 Å². The summed E-state index contributed by atoms with van der Waals surface area (Å²) in [6.45, 7) is 1.51. The molecule has 0 bridgehead atoms. The summed E-state index contributed by atoms with van der Waals surface area (Å²) in [5, 5.41) is 9.39. The number of nitrogens with zero attached hydrogens (tertiary/aromatic N) is 3. The minimum atomic E-state index is -3.77. The van der Waals surface area contributed by atoms with Gasteiger partial charge in [0.1, 0.15) is 0 Å². The van der Waals surface area contributed by atoms with Gasteiger partial charge in [0.15, 0.2) is 0 Å². The first-order valence-electron chi connectivity index (χ1n) is 6.56. The van der Waals surface area contributed by atoms with E-state index in [0.717, 1.165) is 4.31 Å². The smallest absolute Gasteiger partial charge is 0.328 e. The second-order valence-corrected chi connectivity index (χ2v) is 8.17. The van der Waals surface area contributed by atoms with Gasteiger partial charge in [-0.2, -0.15) is 4.31 Å². The number of rotatable bonds is 4. The topological polar surface area (TPSA) is 84.5 Å². The number of halogens is 1. The number of aromatic nitrogens is 2. The fourth-order valence-corrected chi connectivity index (χ4v) is 4.59. The maximum atomic E-state index is 12.6. The summed E-state index contributed by atoms with van der Waals surface area (Å²) in [5.41, 5.74) is 0.935. The predicted octanol–water partition coefficient (Wildman–Crippen LogP) is 0.641. The molecule has 1 aromatic heterocycles. The highest BCUT2D eigenvalue weighted by molar-refractivity contribution is 9.10. The van der Waals surface area contributed by atoms with Gasteiger partial charge in [-0.1, -0.05) is 0 Å². The van der Waals surface area contributed by atoms with Gasteiger partial charge in [-0.25, -0.2) is 13.2 Å². The molecule has 22 heavy (non-hydrogen) atoms. The number of aliphatic hydroxyl groups is 1. The van der Waals surface area contributed by atoms with E-state index in [0.29, 0.717) is 15.5 Å². The Bertz CT molecular complexity index is 883.